The van der Waals surface area contributed by atoms with Crippen LogP contribution in [0.3, 0.4) is 0 Å². The Morgan fingerprint density at radius 1 is 1.26 bits per heavy atom. The molecule has 0 N–H and O–H groups in total. The second kappa shape index (κ2) is 6.18. The van der Waals surface area contributed by atoms with Gasteiger partial charge in [-0.15, -0.1) is 0 Å². The molecule has 0 spiro atoms. The van der Waals surface area contributed by atoms with Crippen molar-refractivity contribution in [3.63, 3.8) is 0 Å². The molecule has 19 heavy (non-hydrogen) atoms. The minimum atomic E-state index is -3.25. The molecule has 102 valence electrons. The molecule has 0 saturated carbocycles. The predicted octanol–water partition coefficient (Wildman–Crippen LogP) is 1.89. The van der Waals surface area contributed by atoms with E-state index in [0.29, 0.717) is 26.1 Å². The molecule has 1 aromatic carbocycles. The first-order chi connectivity index (χ1) is 9.13. The van der Waals surface area contributed by atoms with Crippen LogP contribution in [0.2, 0.25) is 0 Å². The van der Waals surface area contributed by atoms with Crippen LogP contribution in [-0.4, -0.2) is 32.6 Å². The van der Waals surface area contributed by atoms with E-state index in [0.717, 1.165) is 5.56 Å². The summed E-state index contributed by atoms with van der Waals surface area (Å²) in [6.07, 6.45) is 1.07. The molecule has 2 rings (SSSR count). The molecular formula is C14H17NO3S. The summed E-state index contributed by atoms with van der Waals surface area (Å²) in [5.41, 5.74) is 0.764. The molecule has 0 bridgehead atoms. The van der Waals surface area contributed by atoms with E-state index < -0.39 is 15.8 Å². The molecule has 1 aliphatic rings. The summed E-state index contributed by atoms with van der Waals surface area (Å²) < 4.78 is 29.8. The Hall–Kier alpha value is -1.38. The third kappa shape index (κ3) is 3.55. The normalized spacial score (nSPS) is 18.7. The highest BCUT2D eigenvalue weighted by atomic mass is 32.2. The Balaban J connectivity index is 2.12. The largest absolute Gasteiger partial charge is 0.381 e. The van der Waals surface area contributed by atoms with Crippen LogP contribution < -0.4 is 0 Å². The van der Waals surface area contributed by atoms with Crippen LogP contribution in [0.4, 0.5) is 0 Å². The number of hydrogen-bond donors (Lipinski definition) is 0. The zero-order chi connectivity index (χ0) is 13.7. The van der Waals surface area contributed by atoms with E-state index in [1.807, 2.05) is 18.2 Å². The molecule has 4 nitrogen and oxygen atoms in total. The van der Waals surface area contributed by atoms with E-state index in [1.165, 1.54) is 0 Å². The number of nitriles is 1. The van der Waals surface area contributed by atoms with Gasteiger partial charge in [-0.25, -0.2) is 8.42 Å². The summed E-state index contributed by atoms with van der Waals surface area (Å²) in [7, 11) is -3.25. The first kappa shape index (κ1) is 14.0. The average molecular weight is 279 g/mol. The van der Waals surface area contributed by atoms with Crippen molar-refractivity contribution in [2.75, 3.05) is 19.0 Å². The smallest absolute Gasteiger partial charge is 0.154 e. The number of hydrogen-bond acceptors (Lipinski definition) is 4. The van der Waals surface area contributed by atoms with Gasteiger partial charge in [0.25, 0.3) is 0 Å². The highest BCUT2D eigenvalue weighted by Gasteiger charge is 2.30. The number of benzene rings is 1. The van der Waals surface area contributed by atoms with Crippen molar-refractivity contribution < 1.29 is 13.2 Å². The lowest BCUT2D eigenvalue weighted by atomic mass is 10.0. The molecule has 0 aliphatic carbocycles. The topological polar surface area (TPSA) is 67.2 Å². The lowest BCUT2D eigenvalue weighted by Gasteiger charge is -2.23. The lowest BCUT2D eigenvalue weighted by Crippen LogP contribution is -2.32. The first-order valence-corrected chi connectivity index (χ1v) is 8.09. The third-order valence-electron chi connectivity index (χ3n) is 3.43. The molecule has 1 atom stereocenters. The summed E-state index contributed by atoms with van der Waals surface area (Å²) in [5, 5.41) is 8.84. The quantitative estimate of drug-likeness (QED) is 0.844. The van der Waals surface area contributed by atoms with E-state index in [1.54, 1.807) is 12.1 Å². The fraction of sp³-hybridized carbons (Fsp3) is 0.500. The molecule has 5 heteroatoms. The molecule has 0 aromatic heterocycles. The number of ether oxygens (including phenoxy) is 1. The van der Waals surface area contributed by atoms with Gasteiger partial charge < -0.3 is 4.74 Å². The van der Waals surface area contributed by atoms with E-state index >= 15 is 0 Å². The second-order valence-corrected chi connectivity index (χ2v) is 7.06. The number of rotatable bonds is 4. The standard InChI is InChI=1S/C14H17NO3S/c15-10-13(12-4-2-1-3-5-12)11-19(16,17)14-6-8-18-9-7-14/h1-5,13-14H,6-9,11H2. The Labute approximate surface area is 113 Å². The Kier molecular flexibility index (Phi) is 4.56. The van der Waals surface area contributed by atoms with E-state index in [-0.39, 0.29) is 11.0 Å². The van der Waals surface area contributed by atoms with Crippen LogP contribution in [0, 0.1) is 11.3 Å². The molecule has 1 aromatic rings. The van der Waals surface area contributed by atoms with Gasteiger partial charge in [0.2, 0.25) is 0 Å². The van der Waals surface area contributed by atoms with Crippen molar-refractivity contribution in [1.29, 1.82) is 5.26 Å². The van der Waals surface area contributed by atoms with E-state index in [4.69, 9.17) is 4.74 Å². The summed E-state index contributed by atoms with van der Waals surface area (Å²) in [4.78, 5) is 0. The fourth-order valence-corrected chi connectivity index (χ4v) is 4.21. The summed E-state index contributed by atoms with van der Waals surface area (Å²) in [6.45, 7) is 0.985. The molecule has 1 heterocycles. The predicted molar refractivity (Wildman–Crippen MR) is 72.4 cm³/mol. The Bertz CT molecular complexity index is 542. The first-order valence-electron chi connectivity index (χ1n) is 6.37. The SMILES string of the molecule is N#CC(CS(=O)(=O)C1CCOCC1)c1ccccc1. The zero-order valence-corrected chi connectivity index (χ0v) is 11.5. The van der Waals surface area contributed by atoms with Gasteiger partial charge in [-0.1, -0.05) is 30.3 Å². The van der Waals surface area contributed by atoms with Crippen molar-refractivity contribution >= 4 is 9.84 Å². The van der Waals surface area contributed by atoms with Crippen LogP contribution in [-0.2, 0) is 14.6 Å². The van der Waals surface area contributed by atoms with Gasteiger partial charge in [0, 0.05) is 13.2 Å². The van der Waals surface area contributed by atoms with Crippen LogP contribution in [0.25, 0.3) is 0 Å². The van der Waals surface area contributed by atoms with Crippen LogP contribution >= 0.6 is 0 Å². The van der Waals surface area contributed by atoms with Crippen LogP contribution in [0.5, 0.6) is 0 Å². The van der Waals surface area contributed by atoms with Gasteiger partial charge in [-0.2, -0.15) is 5.26 Å². The van der Waals surface area contributed by atoms with Crippen molar-refractivity contribution in [2.45, 2.75) is 24.0 Å². The van der Waals surface area contributed by atoms with Gasteiger partial charge >= 0.3 is 0 Å². The Morgan fingerprint density at radius 2 is 1.89 bits per heavy atom. The maximum absolute atomic E-state index is 12.3. The highest BCUT2D eigenvalue weighted by Crippen LogP contribution is 2.23. The van der Waals surface area contributed by atoms with Gasteiger partial charge in [-0.3, -0.25) is 0 Å². The van der Waals surface area contributed by atoms with Crippen molar-refractivity contribution in [3.8, 4) is 6.07 Å². The maximum Gasteiger partial charge on any atom is 0.154 e. The summed E-state index contributed by atoms with van der Waals surface area (Å²) in [6, 6.07) is 11.2. The third-order valence-corrected chi connectivity index (χ3v) is 5.72. The molecular weight excluding hydrogens is 262 g/mol. The van der Waals surface area contributed by atoms with Gasteiger partial charge in [-0.05, 0) is 18.4 Å². The van der Waals surface area contributed by atoms with Gasteiger partial charge in [0.15, 0.2) is 9.84 Å². The zero-order valence-electron chi connectivity index (χ0n) is 10.7. The molecule has 1 saturated heterocycles. The minimum Gasteiger partial charge on any atom is -0.381 e. The molecule has 1 unspecified atom stereocenters. The number of nitrogens with zero attached hydrogens (tertiary/aromatic N) is 1. The fourth-order valence-electron chi connectivity index (χ4n) is 2.30. The van der Waals surface area contributed by atoms with Gasteiger partial charge in [0.05, 0.1) is 23.0 Å². The van der Waals surface area contributed by atoms with Gasteiger partial charge in [0.1, 0.15) is 0 Å². The summed E-state index contributed by atoms with van der Waals surface area (Å²) in [5.74, 6) is -0.688. The average Bonchev–Trinajstić information content (AvgIpc) is 2.47. The van der Waals surface area contributed by atoms with Crippen LogP contribution in [0.1, 0.15) is 24.3 Å². The molecule has 1 fully saturated rings. The Morgan fingerprint density at radius 3 is 2.47 bits per heavy atom. The molecule has 1 aliphatic heterocycles. The molecule has 0 amide bonds. The molecule has 0 radical (unpaired) electrons. The highest BCUT2D eigenvalue weighted by molar-refractivity contribution is 7.92. The van der Waals surface area contributed by atoms with E-state index in [9.17, 15) is 13.7 Å². The monoisotopic (exact) mass is 279 g/mol. The number of sulfone groups is 1. The van der Waals surface area contributed by atoms with Crippen molar-refractivity contribution in [1.82, 2.24) is 0 Å². The maximum atomic E-state index is 12.3. The van der Waals surface area contributed by atoms with Crippen molar-refractivity contribution in [2.24, 2.45) is 0 Å². The minimum absolute atomic E-state index is 0.0990. The summed E-state index contributed by atoms with van der Waals surface area (Å²) >= 11 is 0. The second-order valence-electron chi connectivity index (χ2n) is 4.73. The lowest BCUT2D eigenvalue weighted by molar-refractivity contribution is 0.0983. The van der Waals surface area contributed by atoms with E-state index in [2.05, 4.69) is 6.07 Å². The van der Waals surface area contributed by atoms with Crippen molar-refractivity contribution in [3.05, 3.63) is 35.9 Å². The van der Waals surface area contributed by atoms with Crippen LogP contribution in [0.15, 0.2) is 30.3 Å².